The standard InChI is InChI=1S/C14H29N/c1-5-9-11-14(10-6-2)15(12-7-3)13-8-4/h11H,5-10,12-13H2,1-4H3. The molecule has 1 heteroatoms. The summed E-state index contributed by atoms with van der Waals surface area (Å²) in [6.45, 7) is 11.5. The van der Waals surface area contributed by atoms with Gasteiger partial charge in [0.2, 0.25) is 0 Å². The lowest BCUT2D eigenvalue weighted by molar-refractivity contribution is 0.330. The van der Waals surface area contributed by atoms with Crippen molar-refractivity contribution in [3.63, 3.8) is 0 Å². The molecule has 0 aliphatic heterocycles. The summed E-state index contributed by atoms with van der Waals surface area (Å²) >= 11 is 0. The fraction of sp³-hybridized carbons (Fsp3) is 0.857. The maximum atomic E-state index is 2.58. The molecule has 0 radical (unpaired) electrons. The third-order valence-electron chi connectivity index (χ3n) is 2.57. The molecule has 1 nitrogen and oxygen atoms in total. The van der Waals surface area contributed by atoms with Crippen LogP contribution in [-0.2, 0) is 0 Å². The molecule has 15 heavy (non-hydrogen) atoms. The molecule has 0 saturated heterocycles. The average molecular weight is 211 g/mol. The molecule has 0 heterocycles. The van der Waals surface area contributed by atoms with Crippen LogP contribution in [0.25, 0.3) is 0 Å². The van der Waals surface area contributed by atoms with Crippen molar-refractivity contribution in [1.29, 1.82) is 0 Å². The molecule has 0 aliphatic rings. The van der Waals surface area contributed by atoms with E-state index in [4.69, 9.17) is 0 Å². The van der Waals surface area contributed by atoms with Gasteiger partial charge in [-0.25, -0.2) is 0 Å². The molecular weight excluding hydrogens is 182 g/mol. The second kappa shape index (κ2) is 10.1. The lowest BCUT2D eigenvalue weighted by Crippen LogP contribution is -2.24. The van der Waals surface area contributed by atoms with Gasteiger partial charge in [-0.15, -0.1) is 0 Å². The molecule has 0 fully saturated rings. The first-order valence-electron chi connectivity index (χ1n) is 6.73. The molecular formula is C14H29N. The SMILES string of the molecule is CCCC=C(CCC)N(CCC)CCC. The van der Waals surface area contributed by atoms with Crippen molar-refractivity contribution < 1.29 is 0 Å². The summed E-state index contributed by atoms with van der Waals surface area (Å²) in [4.78, 5) is 2.58. The molecule has 0 aromatic carbocycles. The molecule has 0 amide bonds. The number of unbranched alkanes of at least 4 members (excludes halogenated alkanes) is 1. The van der Waals surface area contributed by atoms with Gasteiger partial charge in [0.25, 0.3) is 0 Å². The first-order valence-corrected chi connectivity index (χ1v) is 6.73. The minimum absolute atomic E-state index is 1.23. The third kappa shape index (κ3) is 6.59. The predicted octanol–water partition coefficient (Wildman–Crippen LogP) is 4.59. The molecule has 0 aromatic heterocycles. The quantitative estimate of drug-likeness (QED) is 0.539. The van der Waals surface area contributed by atoms with Crippen LogP contribution < -0.4 is 0 Å². The Hall–Kier alpha value is -0.460. The Morgan fingerprint density at radius 1 is 0.867 bits per heavy atom. The highest BCUT2D eigenvalue weighted by Crippen LogP contribution is 2.14. The summed E-state index contributed by atoms with van der Waals surface area (Å²) in [5.41, 5.74) is 1.59. The van der Waals surface area contributed by atoms with Crippen molar-refractivity contribution in [2.45, 2.75) is 66.2 Å². The monoisotopic (exact) mass is 211 g/mol. The van der Waals surface area contributed by atoms with Crippen LogP contribution in [0.2, 0.25) is 0 Å². The molecule has 0 aromatic rings. The fourth-order valence-electron chi connectivity index (χ4n) is 1.90. The van der Waals surface area contributed by atoms with Crippen LogP contribution in [0.1, 0.15) is 66.2 Å². The Kier molecular flexibility index (Phi) is 9.76. The third-order valence-corrected chi connectivity index (χ3v) is 2.57. The lowest BCUT2D eigenvalue weighted by atomic mass is 10.1. The summed E-state index contributed by atoms with van der Waals surface area (Å²) in [7, 11) is 0. The van der Waals surface area contributed by atoms with Crippen LogP contribution in [-0.4, -0.2) is 18.0 Å². The van der Waals surface area contributed by atoms with Crippen molar-refractivity contribution in [3.05, 3.63) is 11.8 Å². The van der Waals surface area contributed by atoms with Crippen molar-refractivity contribution in [3.8, 4) is 0 Å². The molecule has 0 N–H and O–H groups in total. The summed E-state index contributed by atoms with van der Waals surface area (Å²) in [6.07, 6.45) is 9.98. The Morgan fingerprint density at radius 2 is 1.47 bits per heavy atom. The van der Waals surface area contributed by atoms with Crippen molar-refractivity contribution in [2.24, 2.45) is 0 Å². The van der Waals surface area contributed by atoms with E-state index >= 15 is 0 Å². The molecule has 0 atom stereocenters. The van der Waals surface area contributed by atoms with Gasteiger partial charge in [0.15, 0.2) is 0 Å². The van der Waals surface area contributed by atoms with Crippen molar-refractivity contribution >= 4 is 0 Å². The molecule has 0 rings (SSSR count). The average Bonchev–Trinajstić information content (AvgIpc) is 2.24. The zero-order valence-corrected chi connectivity index (χ0v) is 11.2. The van der Waals surface area contributed by atoms with E-state index in [2.05, 4.69) is 38.7 Å². The van der Waals surface area contributed by atoms with Crippen LogP contribution in [0.15, 0.2) is 11.8 Å². The minimum Gasteiger partial charge on any atom is -0.375 e. The maximum absolute atomic E-state index is 2.58. The van der Waals surface area contributed by atoms with Crippen LogP contribution in [0.3, 0.4) is 0 Å². The zero-order valence-electron chi connectivity index (χ0n) is 11.2. The second-order valence-corrected chi connectivity index (χ2v) is 4.22. The molecule has 90 valence electrons. The maximum Gasteiger partial charge on any atom is 0.0172 e. The largest absolute Gasteiger partial charge is 0.375 e. The van der Waals surface area contributed by atoms with Gasteiger partial charge in [-0.1, -0.05) is 46.6 Å². The van der Waals surface area contributed by atoms with Gasteiger partial charge >= 0.3 is 0 Å². The highest BCUT2D eigenvalue weighted by atomic mass is 15.1. The van der Waals surface area contributed by atoms with Crippen molar-refractivity contribution in [1.82, 2.24) is 4.90 Å². The van der Waals surface area contributed by atoms with Gasteiger partial charge in [0, 0.05) is 18.8 Å². The van der Waals surface area contributed by atoms with Gasteiger partial charge in [-0.05, 0) is 25.7 Å². The van der Waals surface area contributed by atoms with Gasteiger partial charge in [-0.3, -0.25) is 0 Å². The Labute approximate surface area is 96.6 Å². The molecule has 0 unspecified atom stereocenters. The van der Waals surface area contributed by atoms with Gasteiger partial charge in [-0.2, -0.15) is 0 Å². The first-order chi connectivity index (χ1) is 7.29. The summed E-state index contributed by atoms with van der Waals surface area (Å²) in [5.74, 6) is 0. The topological polar surface area (TPSA) is 3.24 Å². The number of hydrogen-bond donors (Lipinski definition) is 0. The van der Waals surface area contributed by atoms with Gasteiger partial charge in [0.1, 0.15) is 0 Å². The first kappa shape index (κ1) is 14.5. The summed E-state index contributed by atoms with van der Waals surface area (Å²) < 4.78 is 0. The fourth-order valence-corrected chi connectivity index (χ4v) is 1.90. The Bertz CT molecular complexity index is 155. The van der Waals surface area contributed by atoms with E-state index < -0.39 is 0 Å². The van der Waals surface area contributed by atoms with Gasteiger partial charge in [0.05, 0.1) is 0 Å². The zero-order chi connectivity index (χ0) is 11.5. The molecule has 0 saturated carbocycles. The van der Waals surface area contributed by atoms with E-state index in [1.165, 1.54) is 51.6 Å². The minimum atomic E-state index is 1.23. The van der Waals surface area contributed by atoms with E-state index in [1.807, 2.05) is 0 Å². The predicted molar refractivity (Wildman–Crippen MR) is 70.1 cm³/mol. The number of rotatable bonds is 9. The molecule has 0 aliphatic carbocycles. The van der Waals surface area contributed by atoms with Crippen LogP contribution in [0, 0.1) is 0 Å². The highest BCUT2D eigenvalue weighted by molar-refractivity contribution is 5.01. The highest BCUT2D eigenvalue weighted by Gasteiger charge is 2.06. The summed E-state index contributed by atoms with van der Waals surface area (Å²) in [5, 5.41) is 0. The number of allylic oxidation sites excluding steroid dienone is 2. The molecule has 0 bridgehead atoms. The van der Waals surface area contributed by atoms with Gasteiger partial charge < -0.3 is 4.90 Å². The number of nitrogens with zero attached hydrogens (tertiary/aromatic N) is 1. The van der Waals surface area contributed by atoms with E-state index in [-0.39, 0.29) is 0 Å². The smallest absolute Gasteiger partial charge is 0.0172 e. The number of hydrogen-bond acceptors (Lipinski definition) is 1. The van der Waals surface area contributed by atoms with Crippen LogP contribution in [0.4, 0.5) is 0 Å². The Morgan fingerprint density at radius 3 is 1.87 bits per heavy atom. The van der Waals surface area contributed by atoms with E-state index in [0.29, 0.717) is 0 Å². The normalized spacial score (nSPS) is 11.9. The Balaban J connectivity index is 4.35. The van der Waals surface area contributed by atoms with Crippen LogP contribution in [0.5, 0.6) is 0 Å². The second-order valence-electron chi connectivity index (χ2n) is 4.22. The van der Waals surface area contributed by atoms with Crippen LogP contribution >= 0.6 is 0 Å². The van der Waals surface area contributed by atoms with Crippen molar-refractivity contribution in [2.75, 3.05) is 13.1 Å². The lowest BCUT2D eigenvalue weighted by Gasteiger charge is -2.27. The molecule has 0 spiro atoms. The van der Waals surface area contributed by atoms with E-state index in [0.717, 1.165) is 0 Å². The van der Waals surface area contributed by atoms with E-state index in [1.54, 1.807) is 5.70 Å². The van der Waals surface area contributed by atoms with E-state index in [9.17, 15) is 0 Å². The summed E-state index contributed by atoms with van der Waals surface area (Å²) in [6, 6.07) is 0.